The van der Waals surface area contributed by atoms with Gasteiger partial charge in [0.15, 0.2) is 0 Å². The van der Waals surface area contributed by atoms with Crippen LogP contribution in [-0.4, -0.2) is 4.98 Å². The quantitative estimate of drug-likeness (QED) is 0.614. The van der Waals surface area contributed by atoms with E-state index in [4.69, 9.17) is 8.22 Å². The molecule has 0 saturated carbocycles. The summed E-state index contributed by atoms with van der Waals surface area (Å²) in [6.45, 7) is 0. The van der Waals surface area contributed by atoms with Crippen LogP contribution in [0.2, 0.25) is 0 Å². The molecule has 0 aliphatic rings. The summed E-state index contributed by atoms with van der Waals surface area (Å²) in [7, 11) is 0. The second kappa shape index (κ2) is 2.62. The number of fused-ring (bicyclic) bond motifs is 1. The molecule has 1 aromatic heterocycles. The lowest BCUT2D eigenvalue weighted by Crippen LogP contribution is -1.76. The Balaban J connectivity index is 3.17. The summed E-state index contributed by atoms with van der Waals surface area (Å²) in [5.74, 6) is 0. The third kappa shape index (κ3) is 1.14. The van der Waals surface area contributed by atoms with Crippen molar-refractivity contribution in [3.05, 3.63) is 41.0 Å². The lowest BCUT2D eigenvalue weighted by atomic mass is 10.2. The van der Waals surface area contributed by atoms with Crippen molar-refractivity contribution < 1.29 is 8.22 Å². The van der Waals surface area contributed by atoms with E-state index in [1.165, 1.54) is 0 Å². The molecule has 0 unspecified atom stereocenters. The highest BCUT2D eigenvalue weighted by molar-refractivity contribution is 9.10. The van der Waals surface area contributed by atoms with Crippen molar-refractivity contribution in [3.8, 4) is 0 Å². The van der Waals surface area contributed by atoms with Gasteiger partial charge in [0, 0.05) is 11.6 Å². The molecule has 2 rings (SSSR count). The third-order valence-corrected chi connectivity index (χ3v) is 1.80. The van der Waals surface area contributed by atoms with Crippen molar-refractivity contribution in [3.63, 3.8) is 0 Å². The number of benzene rings is 1. The monoisotopic (exact) mass is 213 g/mol. The summed E-state index contributed by atoms with van der Waals surface area (Å²) >= 11 is 3.06. The van der Waals surface area contributed by atoms with Crippen molar-refractivity contribution in [1.29, 1.82) is 0 Å². The molecule has 1 heterocycles. The van der Waals surface area contributed by atoms with E-state index in [2.05, 4.69) is 20.9 Å². The second-order valence-corrected chi connectivity index (χ2v) is 2.64. The van der Waals surface area contributed by atoms with Crippen LogP contribution in [0.1, 0.15) is 8.22 Å². The average molecular weight is 214 g/mol. The molecule has 0 spiro atoms. The standard InChI is InChI=1S/C9H6BrN/c10-9-8-4-2-1-3-7(8)5-6-11-9/h1-6H/i1D,2D,3D,4D,5D,6D. The number of rotatable bonds is 0. The molecule has 0 N–H and O–H groups in total. The molecule has 0 saturated heterocycles. The first-order valence-corrected chi connectivity index (χ1v) is 3.68. The van der Waals surface area contributed by atoms with Gasteiger partial charge in [0.25, 0.3) is 0 Å². The molecule has 1 aromatic carbocycles. The summed E-state index contributed by atoms with van der Waals surface area (Å²) < 4.78 is 45.8. The van der Waals surface area contributed by atoms with Crippen LogP contribution in [0.4, 0.5) is 0 Å². The minimum atomic E-state index is -0.409. The third-order valence-electron chi connectivity index (χ3n) is 1.23. The molecule has 2 heteroatoms. The van der Waals surface area contributed by atoms with Crippen molar-refractivity contribution in [2.24, 2.45) is 0 Å². The first kappa shape index (κ1) is 2.87. The van der Waals surface area contributed by atoms with Gasteiger partial charge in [0.05, 0.1) is 8.22 Å². The Bertz CT molecular complexity index is 642. The number of nitrogens with zero attached hydrogens (tertiary/aromatic N) is 1. The van der Waals surface area contributed by atoms with E-state index in [9.17, 15) is 0 Å². The van der Waals surface area contributed by atoms with Gasteiger partial charge in [-0.2, -0.15) is 0 Å². The highest BCUT2D eigenvalue weighted by Gasteiger charge is 1.95. The minimum absolute atomic E-state index is 0.0166. The number of pyridine rings is 1. The highest BCUT2D eigenvalue weighted by atomic mass is 79.9. The number of hydrogen-bond donors (Lipinski definition) is 0. The SMILES string of the molecule is [2H]c1nc(Br)c2c([2H])c([2H])c([2H])c([2H])c2c1[2H]. The van der Waals surface area contributed by atoms with E-state index in [0.717, 1.165) is 0 Å². The molecular weight excluding hydrogens is 202 g/mol. The van der Waals surface area contributed by atoms with E-state index in [-0.39, 0.29) is 45.7 Å². The predicted octanol–water partition coefficient (Wildman–Crippen LogP) is 3.00. The van der Waals surface area contributed by atoms with E-state index in [1.807, 2.05) is 0 Å². The van der Waals surface area contributed by atoms with Crippen LogP contribution in [-0.2, 0) is 0 Å². The summed E-state index contributed by atoms with van der Waals surface area (Å²) in [6, 6.07) is -1.65. The lowest BCUT2D eigenvalue weighted by molar-refractivity contribution is 1.31. The van der Waals surface area contributed by atoms with Crippen molar-refractivity contribution in [2.45, 2.75) is 0 Å². The first-order chi connectivity index (χ1) is 7.86. The van der Waals surface area contributed by atoms with Gasteiger partial charge in [0.1, 0.15) is 4.60 Å². The molecule has 2 aromatic rings. The van der Waals surface area contributed by atoms with Crippen LogP contribution in [0, 0.1) is 0 Å². The van der Waals surface area contributed by atoms with Gasteiger partial charge >= 0.3 is 0 Å². The molecule has 0 amide bonds. The molecular formula is C9H6BrN. The second-order valence-electron chi connectivity index (χ2n) is 1.89. The Morgan fingerprint density at radius 2 is 2.09 bits per heavy atom. The molecule has 0 bridgehead atoms. The summed E-state index contributed by atoms with van der Waals surface area (Å²) in [5.41, 5.74) is 0. The average Bonchev–Trinajstić information content (AvgIpc) is 2.28. The van der Waals surface area contributed by atoms with Gasteiger partial charge in [0.2, 0.25) is 0 Å². The smallest absolute Gasteiger partial charge is 0.113 e. The van der Waals surface area contributed by atoms with Gasteiger partial charge in [-0.1, -0.05) is 24.2 Å². The molecule has 0 radical (unpaired) electrons. The van der Waals surface area contributed by atoms with Gasteiger partial charge in [-0.3, -0.25) is 0 Å². The molecule has 1 nitrogen and oxygen atoms in total. The Kier molecular flexibility index (Phi) is 0.684. The highest BCUT2D eigenvalue weighted by Crippen LogP contribution is 2.20. The van der Waals surface area contributed by atoms with Crippen LogP contribution in [0.3, 0.4) is 0 Å². The van der Waals surface area contributed by atoms with Crippen molar-refractivity contribution in [2.75, 3.05) is 0 Å². The largest absolute Gasteiger partial charge is 0.249 e. The van der Waals surface area contributed by atoms with E-state index < -0.39 is 6.04 Å². The lowest BCUT2D eigenvalue weighted by Gasteiger charge is -1.96. The zero-order chi connectivity index (χ0) is 12.9. The predicted molar refractivity (Wildman–Crippen MR) is 49.4 cm³/mol. The van der Waals surface area contributed by atoms with Crippen LogP contribution in [0.5, 0.6) is 0 Å². The van der Waals surface area contributed by atoms with Gasteiger partial charge in [-0.25, -0.2) is 4.98 Å². The van der Waals surface area contributed by atoms with Gasteiger partial charge in [-0.05, 0) is 27.4 Å². The summed E-state index contributed by atoms with van der Waals surface area (Å²) in [4.78, 5) is 3.72. The maximum absolute atomic E-state index is 7.73. The Morgan fingerprint density at radius 3 is 3.00 bits per heavy atom. The minimum Gasteiger partial charge on any atom is -0.249 e. The molecule has 54 valence electrons. The van der Waals surface area contributed by atoms with Crippen LogP contribution in [0.25, 0.3) is 10.8 Å². The zero-order valence-corrected chi connectivity index (χ0v) is 6.91. The van der Waals surface area contributed by atoms with E-state index in [0.29, 0.717) is 0 Å². The van der Waals surface area contributed by atoms with Crippen LogP contribution < -0.4 is 0 Å². The fraction of sp³-hybridized carbons (Fsp3) is 0. The maximum Gasteiger partial charge on any atom is 0.113 e. The Labute approximate surface area is 81.6 Å². The molecule has 0 aliphatic heterocycles. The number of halogens is 1. The van der Waals surface area contributed by atoms with Crippen molar-refractivity contribution in [1.82, 2.24) is 4.98 Å². The van der Waals surface area contributed by atoms with Gasteiger partial charge in [-0.15, -0.1) is 0 Å². The van der Waals surface area contributed by atoms with Crippen LogP contribution in [0.15, 0.2) is 41.0 Å². The van der Waals surface area contributed by atoms with E-state index >= 15 is 0 Å². The fourth-order valence-electron chi connectivity index (χ4n) is 0.750. The molecule has 0 atom stereocenters. The van der Waals surface area contributed by atoms with Crippen LogP contribution >= 0.6 is 15.9 Å². The molecule has 0 aliphatic carbocycles. The molecule has 11 heavy (non-hydrogen) atoms. The van der Waals surface area contributed by atoms with E-state index in [1.54, 1.807) is 0 Å². The Morgan fingerprint density at radius 1 is 1.27 bits per heavy atom. The topological polar surface area (TPSA) is 12.9 Å². The zero-order valence-electron chi connectivity index (χ0n) is 11.3. The summed E-state index contributed by atoms with van der Waals surface area (Å²) in [5, 5.41) is 0.153. The number of aromatic nitrogens is 1. The Hall–Kier alpha value is -0.890. The van der Waals surface area contributed by atoms with Crippen molar-refractivity contribution >= 4 is 26.7 Å². The fourth-order valence-corrected chi connectivity index (χ4v) is 1.14. The number of hydrogen-bond acceptors (Lipinski definition) is 1. The summed E-state index contributed by atoms with van der Waals surface area (Å²) in [6.07, 6.45) is -0.325. The maximum atomic E-state index is 7.73. The normalized spacial score (nSPS) is 17.9. The first-order valence-electron chi connectivity index (χ1n) is 5.89. The molecule has 0 fully saturated rings. The van der Waals surface area contributed by atoms with Gasteiger partial charge < -0.3 is 0 Å².